The summed E-state index contributed by atoms with van der Waals surface area (Å²) in [4.78, 5) is 9.42. The highest BCUT2D eigenvalue weighted by Gasteiger charge is 2.05. The number of hydrogen-bond acceptors (Lipinski definition) is 5. The Bertz CT molecular complexity index is 647. The third-order valence-electron chi connectivity index (χ3n) is 2.31. The third kappa shape index (κ3) is 2.09. The second-order valence-electron chi connectivity index (χ2n) is 3.41. The summed E-state index contributed by atoms with van der Waals surface area (Å²) in [6.45, 7) is 0.689. The van der Waals surface area contributed by atoms with E-state index in [2.05, 4.69) is 25.5 Å². The zero-order valence-corrected chi connectivity index (χ0v) is 10.2. The van der Waals surface area contributed by atoms with Crippen LogP contribution in [0.3, 0.4) is 0 Å². The van der Waals surface area contributed by atoms with E-state index in [0.717, 1.165) is 26.1 Å². The Morgan fingerprint density at radius 2 is 2.29 bits per heavy atom. The lowest BCUT2D eigenvalue weighted by Gasteiger charge is -2.03. The van der Waals surface area contributed by atoms with Crippen LogP contribution in [0.25, 0.3) is 11.0 Å². The van der Waals surface area contributed by atoms with E-state index in [0.29, 0.717) is 6.54 Å². The summed E-state index contributed by atoms with van der Waals surface area (Å²) < 4.78 is 0.790. The maximum Gasteiger partial charge on any atom is 0.160 e. The van der Waals surface area contributed by atoms with Crippen LogP contribution in [-0.2, 0) is 6.54 Å². The van der Waals surface area contributed by atoms with Gasteiger partial charge < -0.3 is 5.32 Å². The van der Waals surface area contributed by atoms with E-state index < -0.39 is 0 Å². The number of aromatic nitrogens is 4. The summed E-state index contributed by atoms with van der Waals surface area (Å²) in [5.74, 6) is 0.772. The minimum atomic E-state index is 0.689. The summed E-state index contributed by atoms with van der Waals surface area (Å²) in [6, 6.07) is 3.88. The molecular weight excluding hydrogens is 258 g/mol. The molecule has 3 aromatic rings. The van der Waals surface area contributed by atoms with Crippen LogP contribution in [0, 0.1) is 0 Å². The fourth-order valence-electron chi connectivity index (χ4n) is 1.52. The number of thiophene rings is 1. The number of anilines is 1. The molecule has 7 heteroatoms. The predicted molar refractivity (Wildman–Crippen MR) is 68.3 cm³/mol. The monoisotopic (exact) mass is 265 g/mol. The van der Waals surface area contributed by atoms with Gasteiger partial charge in [-0.2, -0.15) is 5.10 Å². The molecule has 3 rings (SSSR count). The van der Waals surface area contributed by atoms with Crippen molar-refractivity contribution in [1.29, 1.82) is 0 Å². The molecule has 2 N–H and O–H groups in total. The number of fused-ring (bicyclic) bond motifs is 1. The Morgan fingerprint density at radius 1 is 1.35 bits per heavy atom. The van der Waals surface area contributed by atoms with Crippen molar-refractivity contribution in [3.8, 4) is 0 Å². The summed E-state index contributed by atoms with van der Waals surface area (Å²) >= 11 is 7.42. The first-order valence-corrected chi connectivity index (χ1v) is 6.14. The van der Waals surface area contributed by atoms with Gasteiger partial charge in [-0.3, -0.25) is 5.10 Å². The molecule has 86 valence electrons. The molecular formula is C10H8ClN5S. The number of nitrogens with one attached hydrogen (secondary N) is 2. The normalized spacial score (nSPS) is 10.9. The molecule has 3 heterocycles. The quantitative estimate of drug-likeness (QED) is 0.764. The molecule has 3 aromatic heterocycles. The topological polar surface area (TPSA) is 66.5 Å². The minimum Gasteiger partial charge on any atom is -0.364 e. The molecule has 0 aliphatic heterocycles. The number of rotatable bonds is 3. The van der Waals surface area contributed by atoms with Crippen LogP contribution in [0.5, 0.6) is 0 Å². The molecule has 0 saturated heterocycles. The molecule has 17 heavy (non-hydrogen) atoms. The second kappa shape index (κ2) is 4.31. The number of halogens is 1. The molecule has 0 atom stereocenters. The Labute approximate surface area is 106 Å². The molecule has 0 bridgehead atoms. The SMILES string of the molecule is Clc1ccc(CNc2ncnc3[nH]ncc23)s1. The van der Waals surface area contributed by atoms with Gasteiger partial charge in [0.1, 0.15) is 12.1 Å². The lowest BCUT2D eigenvalue weighted by atomic mass is 10.4. The van der Waals surface area contributed by atoms with Crippen LogP contribution < -0.4 is 5.32 Å². The zero-order chi connectivity index (χ0) is 11.7. The highest BCUT2D eigenvalue weighted by atomic mass is 35.5. The van der Waals surface area contributed by atoms with E-state index in [1.165, 1.54) is 6.33 Å². The van der Waals surface area contributed by atoms with Crippen LogP contribution in [0.4, 0.5) is 5.82 Å². The summed E-state index contributed by atoms with van der Waals surface area (Å²) in [7, 11) is 0. The Kier molecular flexibility index (Phi) is 2.66. The fourth-order valence-corrected chi connectivity index (χ4v) is 2.55. The first kappa shape index (κ1) is 10.5. The average molecular weight is 266 g/mol. The molecule has 0 aliphatic rings. The van der Waals surface area contributed by atoms with E-state index in [1.807, 2.05) is 12.1 Å². The maximum absolute atomic E-state index is 5.87. The van der Waals surface area contributed by atoms with Gasteiger partial charge in [-0.05, 0) is 12.1 Å². The number of aromatic amines is 1. The lowest BCUT2D eigenvalue weighted by Crippen LogP contribution is -2.00. The van der Waals surface area contributed by atoms with E-state index >= 15 is 0 Å². The average Bonchev–Trinajstić information content (AvgIpc) is 2.94. The van der Waals surface area contributed by atoms with Crippen LogP contribution in [0.2, 0.25) is 4.34 Å². The molecule has 0 radical (unpaired) electrons. The van der Waals surface area contributed by atoms with Crippen molar-refractivity contribution in [2.45, 2.75) is 6.54 Å². The third-order valence-corrected chi connectivity index (χ3v) is 3.54. The van der Waals surface area contributed by atoms with Crippen molar-refractivity contribution >= 4 is 39.8 Å². The highest BCUT2D eigenvalue weighted by Crippen LogP contribution is 2.23. The second-order valence-corrected chi connectivity index (χ2v) is 5.21. The molecule has 0 saturated carbocycles. The van der Waals surface area contributed by atoms with Gasteiger partial charge >= 0.3 is 0 Å². The van der Waals surface area contributed by atoms with Gasteiger partial charge in [-0.15, -0.1) is 11.3 Å². The molecule has 0 amide bonds. The van der Waals surface area contributed by atoms with Crippen LogP contribution in [-0.4, -0.2) is 20.2 Å². The number of nitrogens with zero attached hydrogens (tertiary/aromatic N) is 3. The van der Waals surface area contributed by atoms with E-state index in [4.69, 9.17) is 11.6 Å². The lowest BCUT2D eigenvalue weighted by molar-refractivity contribution is 1.08. The maximum atomic E-state index is 5.87. The largest absolute Gasteiger partial charge is 0.364 e. The number of H-pyrrole nitrogens is 1. The molecule has 0 unspecified atom stereocenters. The van der Waals surface area contributed by atoms with Gasteiger partial charge in [0, 0.05) is 4.88 Å². The molecule has 0 aliphatic carbocycles. The molecule has 0 spiro atoms. The van der Waals surface area contributed by atoms with E-state index in [9.17, 15) is 0 Å². The fraction of sp³-hybridized carbons (Fsp3) is 0.100. The predicted octanol–water partition coefficient (Wildman–Crippen LogP) is 2.68. The van der Waals surface area contributed by atoms with Crippen molar-refractivity contribution in [3.63, 3.8) is 0 Å². The molecule has 0 fully saturated rings. The van der Waals surface area contributed by atoms with Gasteiger partial charge in [-0.25, -0.2) is 9.97 Å². The van der Waals surface area contributed by atoms with E-state index in [-0.39, 0.29) is 0 Å². The molecule has 5 nitrogen and oxygen atoms in total. The Morgan fingerprint density at radius 3 is 3.12 bits per heavy atom. The van der Waals surface area contributed by atoms with Gasteiger partial charge in [-0.1, -0.05) is 11.6 Å². The highest BCUT2D eigenvalue weighted by molar-refractivity contribution is 7.16. The molecule has 0 aromatic carbocycles. The van der Waals surface area contributed by atoms with Crippen molar-refractivity contribution < 1.29 is 0 Å². The van der Waals surface area contributed by atoms with Crippen LogP contribution in [0.1, 0.15) is 4.88 Å². The zero-order valence-electron chi connectivity index (χ0n) is 8.64. The summed E-state index contributed by atoms with van der Waals surface area (Å²) in [5.41, 5.74) is 0.728. The van der Waals surface area contributed by atoms with Crippen molar-refractivity contribution in [2.75, 3.05) is 5.32 Å². The van der Waals surface area contributed by atoms with E-state index in [1.54, 1.807) is 17.5 Å². The Balaban J connectivity index is 1.83. The van der Waals surface area contributed by atoms with Crippen LogP contribution in [0.15, 0.2) is 24.7 Å². The summed E-state index contributed by atoms with van der Waals surface area (Å²) in [6.07, 6.45) is 3.21. The van der Waals surface area contributed by atoms with Gasteiger partial charge in [0.05, 0.1) is 22.5 Å². The summed E-state index contributed by atoms with van der Waals surface area (Å²) in [5, 5.41) is 10.9. The minimum absolute atomic E-state index is 0.689. The van der Waals surface area contributed by atoms with Gasteiger partial charge in [0.25, 0.3) is 0 Å². The Hall–Kier alpha value is -1.66. The first-order valence-electron chi connectivity index (χ1n) is 4.95. The first-order chi connectivity index (χ1) is 8.33. The van der Waals surface area contributed by atoms with Crippen molar-refractivity contribution in [2.24, 2.45) is 0 Å². The van der Waals surface area contributed by atoms with Crippen LogP contribution >= 0.6 is 22.9 Å². The van der Waals surface area contributed by atoms with Crippen molar-refractivity contribution in [1.82, 2.24) is 20.2 Å². The van der Waals surface area contributed by atoms with Gasteiger partial charge in [0.15, 0.2) is 5.65 Å². The van der Waals surface area contributed by atoms with Crippen molar-refractivity contribution in [3.05, 3.63) is 33.9 Å². The standard InChI is InChI=1S/C10H8ClN5S/c11-8-2-1-6(17-8)3-12-9-7-4-15-16-10(7)14-5-13-9/h1-2,4-5H,3H2,(H2,12,13,14,15,16). The number of hydrogen-bond donors (Lipinski definition) is 2. The van der Waals surface area contributed by atoms with Gasteiger partial charge in [0.2, 0.25) is 0 Å². The smallest absolute Gasteiger partial charge is 0.160 e.